The van der Waals surface area contributed by atoms with Gasteiger partial charge in [0.1, 0.15) is 6.04 Å². The van der Waals surface area contributed by atoms with Gasteiger partial charge < -0.3 is 15.8 Å². The Morgan fingerprint density at radius 2 is 2.21 bits per heavy atom. The second kappa shape index (κ2) is 6.68. The van der Waals surface area contributed by atoms with E-state index < -0.39 is 0 Å². The predicted octanol–water partition coefficient (Wildman–Crippen LogP) is 0.482. The summed E-state index contributed by atoms with van der Waals surface area (Å²) in [6.45, 7) is 6.04. The van der Waals surface area contributed by atoms with E-state index in [0.29, 0.717) is 12.6 Å². The van der Waals surface area contributed by atoms with E-state index in [2.05, 4.69) is 10.2 Å². The summed E-state index contributed by atoms with van der Waals surface area (Å²) in [6.07, 6.45) is 4.44. The number of carbonyl (C=O) groups is 1. The molecule has 0 aromatic heterocycles. The Hall–Kier alpha value is -0.650. The van der Waals surface area contributed by atoms with Gasteiger partial charge in [0, 0.05) is 24.7 Å². The van der Waals surface area contributed by atoms with E-state index >= 15 is 0 Å². The van der Waals surface area contributed by atoms with Gasteiger partial charge >= 0.3 is 0 Å². The Labute approximate surface area is 115 Å². The van der Waals surface area contributed by atoms with Crippen LogP contribution in [0.3, 0.4) is 0 Å². The highest BCUT2D eigenvalue weighted by Crippen LogP contribution is 2.25. The van der Waals surface area contributed by atoms with Crippen molar-refractivity contribution < 1.29 is 9.53 Å². The lowest BCUT2D eigenvalue weighted by Crippen LogP contribution is -2.59. The summed E-state index contributed by atoms with van der Waals surface area (Å²) in [5.74, 6) is 0.0915. The van der Waals surface area contributed by atoms with Crippen LogP contribution in [-0.4, -0.2) is 54.7 Å². The van der Waals surface area contributed by atoms with E-state index in [-0.39, 0.29) is 24.0 Å². The molecule has 0 spiro atoms. The summed E-state index contributed by atoms with van der Waals surface area (Å²) >= 11 is 0. The highest BCUT2D eigenvalue weighted by Gasteiger charge is 2.35. The zero-order chi connectivity index (χ0) is 13.8. The van der Waals surface area contributed by atoms with Gasteiger partial charge in [-0.1, -0.05) is 6.42 Å². The number of nitrogens with two attached hydrogens (primary N) is 1. The van der Waals surface area contributed by atoms with Crippen molar-refractivity contribution >= 4 is 5.91 Å². The Bertz CT molecular complexity index is 309. The molecule has 2 rings (SSSR count). The van der Waals surface area contributed by atoms with Gasteiger partial charge in [0.05, 0.1) is 13.2 Å². The van der Waals surface area contributed by atoms with E-state index in [1.807, 2.05) is 13.8 Å². The molecule has 110 valence electrons. The van der Waals surface area contributed by atoms with E-state index in [9.17, 15) is 4.79 Å². The summed E-state index contributed by atoms with van der Waals surface area (Å²) < 4.78 is 5.50. The smallest absolute Gasteiger partial charge is 0.239 e. The van der Waals surface area contributed by atoms with Crippen molar-refractivity contribution in [1.82, 2.24) is 10.2 Å². The minimum absolute atomic E-state index is 0.0915. The molecule has 0 bridgehead atoms. The molecule has 0 aromatic rings. The lowest BCUT2D eigenvalue weighted by Gasteiger charge is -2.43. The number of nitrogens with zero attached hydrogens (tertiary/aromatic N) is 1. The van der Waals surface area contributed by atoms with Gasteiger partial charge in [0.2, 0.25) is 5.91 Å². The van der Waals surface area contributed by atoms with Crippen LogP contribution in [-0.2, 0) is 9.53 Å². The average Bonchev–Trinajstić information content (AvgIpc) is 2.38. The molecule has 3 unspecified atom stereocenters. The van der Waals surface area contributed by atoms with Crippen LogP contribution in [0.1, 0.15) is 39.5 Å². The first-order valence-corrected chi connectivity index (χ1v) is 7.47. The van der Waals surface area contributed by atoms with Crippen molar-refractivity contribution in [1.29, 1.82) is 0 Å². The maximum Gasteiger partial charge on any atom is 0.239 e. The van der Waals surface area contributed by atoms with Crippen LogP contribution in [0, 0.1) is 0 Å². The number of rotatable bonds is 3. The number of morpholine rings is 1. The first-order valence-electron chi connectivity index (χ1n) is 7.47. The molecule has 3 N–H and O–H groups in total. The van der Waals surface area contributed by atoms with Crippen LogP contribution in [0.5, 0.6) is 0 Å². The molecule has 19 heavy (non-hydrogen) atoms. The zero-order valence-electron chi connectivity index (χ0n) is 12.1. The Morgan fingerprint density at radius 3 is 2.89 bits per heavy atom. The molecule has 5 heteroatoms. The number of hydrogen-bond donors (Lipinski definition) is 2. The van der Waals surface area contributed by atoms with E-state index in [4.69, 9.17) is 10.5 Å². The lowest BCUT2D eigenvalue weighted by atomic mass is 9.89. The fourth-order valence-corrected chi connectivity index (χ4v) is 3.16. The second-order valence-corrected chi connectivity index (χ2v) is 6.07. The quantitative estimate of drug-likeness (QED) is 0.782. The van der Waals surface area contributed by atoms with Crippen LogP contribution in [0.25, 0.3) is 0 Å². The molecule has 1 amide bonds. The summed E-state index contributed by atoms with van der Waals surface area (Å²) in [4.78, 5) is 14.6. The maximum atomic E-state index is 12.3. The molecule has 1 saturated carbocycles. The van der Waals surface area contributed by atoms with Gasteiger partial charge in [0.15, 0.2) is 0 Å². The summed E-state index contributed by atoms with van der Waals surface area (Å²) in [6, 6.07) is 0.752. The fourth-order valence-electron chi connectivity index (χ4n) is 3.16. The van der Waals surface area contributed by atoms with Crippen LogP contribution >= 0.6 is 0 Å². The first kappa shape index (κ1) is 14.8. The number of ether oxygens (including phenoxy) is 1. The van der Waals surface area contributed by atoms with Crippen LogP contribution in [0.15, 0.2) is 0 Å². The Balaban J connectivity index is 2.00. The lowest BCUT2D eigenvalue weighted by molar-refractivity contribution is -0.135. The monoisotopic (exact) mass is 269 g/mol. The van der Waals surface area contributed by atoms with Gasteiger partial charge in [-0.25, -0.2) is 0 Å². The predicted molar refractivity (Wildman–Crippen MR) is 74.8 cm³/mol. The number of hydrogen-bond acceptors (Lipinski definition) is 4. The van der Waals surface area contributed by atoms with E-state index in [1.54, 1.807) is 0 Å². The summed E-state index contributed by atoms with van der Waals surface area (Å²) in [5.41, 5.74) is 6.08. The third-order valence-corrected chi connectivity index (χ3v) is 4.06. The number of nitrogens with one attached hydrogen (secondary N) is 1. The van der Waals surface area contributed by atoms with Crippen molar-refractivity contribution in [2.24, 2.45) is 5.73 Å². The molecule has 0 radical (unpaired) electrons. The highest BCUT2D eigenvalue weighted by atomic mass is 16.5. The molecular weight excluding hydrogens is 242 g/mol. The minimum atomic E-state index is -0.147. The standard InChI is InChI=1S/C14H27N3O2/c1-10(2)16-14(18)13-9-19-7-6-17(13)12-5-3-4-11(15)8-12/h10-13H,3-9,15H2,1-2H3,(H,16,18). The molecule has 1 aliphatic carbocycles. The zero-order valence-corrected chi connectivity index (χ0v) is 12.1. The molecule has 2 fully saturated rings. The van der Waals surface area contributed by atoms with Crippen LogP contribution in [0.2, 0.25) is 0 Å². The van der Waals surface area contributed by atoms with Crippen molar-refractivity contribution in [2.75, 3.05) is 19.8 Å². The maximum absolute atomic E-state index is 12.3. The highest BCUT2D eigenvalue weighted by molar-refractivity contribution is 5.82. The normalized spacial score (nSPS) is 33.4. The summed E-state index contributed by atoms with van der Waals surface area (Å²) in [7, 11) is 0. The van der Waals surface area contributed by atoms with Crippen molar-refractivity contribution in [2.45, 2.75) is 63.7 Å². The molecule has 1 heterocycles. The SMILES string of the molecule is CC(C)NC(=O)C1COCCN1C1CCCC(N)C1. The minimum Gasteiger partial charge on any atom is -0.378 e. The summed E-state index contributed by atoms with van der Waals surface area (Å²) in [5, 5.41) is 3.00. The van der Waals surface area contributed by atoms with E-state index in [0.717, 1.165) is 32.4 Å². The van der Waals surface area contributed by atoms with Gasteiger partial charge in [-0.2, -0.15) is 0 Å². The number of amides is 1. The largest absolute Gasteiger partial charge is 0.378 e. The average molecular weight is 269 g/mol. The first-order chi connectivity index (χ1) is 9.08. The second-order valence-electron chi connectivity index (χ2n) is 6.07. The molecule has 1 saturated heterocycles. The van der Waals surface area contributed by atoms with Crippen molar-refractivity contribution in [3.05, 3.63) is 0 Å². The van der Waals surface area contributed by atoms with Gasteiger partial charge in [0.25, 0.3) is 0 Å². The molecule has 1 aliphatic heterocycles. The number of carbonyl (C=O) groups excluding carboxylic acids is 1. The van der Waals surface area contributed by atoms with Crippen LogP contribution in [0.4, 0.5) is 0 Å². The van der Waals surface area contributed by atoms with Crippen molar-refractivity contribution in [3.8, 4) is 0 Å². The third-order valence-electron chi connectivity index (χ3n) is 4.06. The van der Waals surface area contributed by atoms with Crippen LogP contribution < -0.4 is 11.1 Å². The molecule has 2 aliphatic rings. The molecule has 0 aromatic carbocycles. The van der Waals surface area contributed by atoms with E-state index in [1.165, 1.54) is 6.42 Å². The Morgan fingerprint density at radius 1 is 1.42 bits per heavy atom. The molecule has 3 atom stereocenters. The fraction of sp³-hybridized carbons (Fsp3) is 0.929. The molecule has 5 nitrogen and oxygen atoms in total. The Kier molecular flexibility index (Phi) is 5.19. The third kappa shape index (κ3) is 3.91. The van der Waals surface area contributed by atoms with Gasteiger partial charge in [-0.15, -0.1) is 0 Å². The van der Waals surface area contributed by atoms with Gasteiger partial charge in [-0.05, 0) is 33.1 Å². The van der Waals surface area contributed by atoms with Crippen molar-refractivity contribution in [3.63, 3.8) is 0 Å². The molecular formula is C14H27N3O2. The van der Waals surface area contributed by atoms with Gasteiger partial charge in [-0.3, -0.25) is 9.69 Å². The topological polar surface area (TPSA) is 67.6 Å².